The van der Waals surface area contributed by atoms with Crippen LogP contribution in [0.5, 0.6) is 17.2 Å². The number of hydrogen-bond acceptors (Lipinski definition) is 7. The summed E-state index contributed by atoms with van der Waals surface area (Å²) < 4.78 is 18.1. The Kier molecular flexibility index (Phi) is 12.6. The number of carboxylic acid groups (broad SMARTS) is 1. The molecule has 2 rings (SSSR count). The van der Waals surface area contributed by atoms with E-state index in [0.29, 0.717) is 65.7 Å². The topological polar surface area (TPSA) is 130 Å². The first-order chi connectivity index (χ1) is 18.5. The number of rotatable bonds is 17. The van der Waals surface area contributed by atoms with Gasteiger partial charge in [-0.2, -0.15) is 0 Å². The number of carbonyl (C=O) groups is 2. The number of carbonyl (C=O) groups excluding carboxylic acids is 1. The van der Waals surface area contributed by atoms with Gasteiger partial charge >= 0.3 is 5.97 Å². The summed E-state index contributed by atoms with van der Waals surface area (Å²) in [5, 5.41) is 13.6. The number of nitrogens with zero attached hydrogens (tertiary/aromatic N) is 1. The Morgan fingerprint density at radius 3 is 2.05 bits per heavy atom. The zero-order chi connectivity index (χ0) is 28.9. The fourth-order valence-electron chi connectivity index (χ4n) is 3.41. The minimum Gasteiger partial charge on any atom is -0.493 e. The minimum atomic E-state index is -0.907. The first-order valence-electron chi connectivity index (χ1n) is 13.3. The number of primary amides is 1. The fraction of sp³-hybridized carbons (Fsp3) is 0.500. The number of aliphatic carboxylic acids is 1. The van der Waals surface area contributed by atoms with Crippen molar-refractivity contribution in [3.63, 3.8) is 0 Å². The lowest BCUT2D eigenvalue weighted by Gasteiger charge is -2.18. The lowest BCUT2D eigenvalue weighted by molar-refractivity contribution is -0.137. The van der Waals surface area contributed by atoms with Crippen LogP contribution in [0.3, 0.4) is 0 Å². The Morgan fingerprint density at radius 2 is 1.46 bits per heavy atom. The molecule has 0 spiro atoms. The van der Waals surface area contributed by atoms with Crippen molar-refractivity contribution in [1.29, 1.82) is 0 Å². The average molecular weight is 543 g/mol. The molecule has 1 amide bonds. The molecule has 2 aromatic rings. The van der Waals surface area contributed by atoms with Crippen LogP contribution >= 0.6 is 0 Å². The zero-order valence-corrected chi connectivity index (χ0v) is 23.9. The van der Waals surface area contributed by atoms with Crippen molar-refractivity contribution >= 4 is 17.6 Å². The lowest BCUT2D eigenvalue weighted by atomic mass is 9.97. The van der Waals surface area contributed by atoms with Crippen LogP contribution in [0.25, 0.3) is 0 Å². The van der Waals surface area contributed by atoms with E-state index in [4.69, 9.17) is 24.8 Å². The number of carboxylic acids is 1. The quantitative estimate of drug-likeness (QED) is 0.211. The van der Waals surface area contributed by atoms with Crippen molar-refractivity contribution in [1.82, 2.24) is 0 Å². The number of nitrogens with two attached hydrogens (primary N) is 1. The van der Waals surface area contributed by atoms with Crippen molar-refractivity contribution in [2.24, 2.45) is 28.6 Å². The van der Waals surface area contributed by atoms with Crippen molar-refractivity contribution < 1.29 is 33.7 Å². The average Bonchev–Trinajstić information content (AvgIpc) is 2.86. The van der Waals surface area contributed by atoms with Crippen molar-refractivity contribution in [2.45, 2.75) is 54.4 Å². The van der Waals surface area contributed by atoms with Crippen molar-refractivity contribution in [2.75, 3.05) is 26.4 Å². The first-order valence-corrected chi connectivity index (χ1v) is 13.3. The largest absolute Gasteiger partial charge is 0.493 e. The number of aryl methyl sites for hydroxylation is 1. The lowest BCUT2D eigenvalue weighted by Crippen LogP contribution is -2.18. The maximum Gasteiger partial charge on any atom is 0.303 e. The Hall–Kier alpha value is -3.75. The Morgan fingerprint density at radius 1 is 0.846 bits per heavy atom. The summed E-state index contributed by atoms with van der Waals surface area (Å²) >= 11 is 0. The van der Waals surface area contributed by atoms with Gasteiger partial charge in [-0.05, 0) is 60.1 Å². The summed E-state index contributed by atoms with van der Waals surface area (Å²) in [5.41, 5.74) is 7.65. The van der Waals surface area contributed by atoms with Crippen molar-refractivity contribution in [3.8, 4) is 17.2 Å². The molecule has 0 heterocycles. The number of oxime groups is 1. The molecule has 9 nitrogen and oxygen atoms in total. The van der Waals surface area contributed by atoms with Crippen LogP contribution in [-0.2, 0) is 20.8 Å². The monoisotopic (exact) mass is 542 g/mol. The zero-order valence-electron chi connectivity index (χ0n) is 23.9. The van der Waals surface area contributed by atoms with Crippen LogP contribution in [0.4, 0.5) is 0 Å². The normalized spacial score (nSPS) is 11.7. The highest BCUT2D eigenvalue weighted by Crippen LogP contribution is 2.31. The summed E-state index contributed by atoms with van der Waals surface area (Å²) in [7, 11) is 0. The Labute approximate surface area is 231 Å². The highest BCUT2D eigenvalue weighted by molar-refractivity contribution is 6.14. The Bertz CT molecular complexity index is 1130. The Balaban J connectivity index is 2.61. The van der Waals surface area contributed by atoms with Gasteiger partial charge in [0.15, 0.2) is 6.61 Å². The van der Waals surface area contributed by atoms with E-state index in [1.54, 1.807) is 6.07 Å². The SMILES string of the molecule is CC(C)COc1ccc(C(=NOCC(N)=O)c2ccc(OCC(C)C)c(CCC(=O)O)c2)c(OCC(C)C)c1. The third-order valence-corrected chi connectivity index (χ3v) is 5.24. The molecule has 9 heteroatoms. The van der Waals surface area contributed by atoms with Crippen LogP contribution in [-0.4, -0.2) is 49.1 Å². The second-order valence-corrected chi connectivity index (χ2v) is 10.7. The van der Waals surface area contributed by atoms with Gasteiger partial charge in [0.1, 0.15) is 23.0 Å². The van der Waals surface area contributed by atoms with E-state index in [1.165, 1.54) is 0 Å². The summed E-state index contributed by atoms with van der Waals surface area (Å²) in [5.74, 6) is 1.16. The van der Waals surface area contributed by atoms with E-state index in [9.17, 15) is 14.7 Å². The van der Waals surface area contributed by atoms with E-state index in [-0.39, 0.29) is 18.8 Å². The highest BCUT2D eigenvalue weighted by atomic mass is 16.6. The van der Waals surface area contributed by atoms with Gasteiger partial charge in [-0.1, -0.05) is 46.7 Å². The summed E-state index contributed by atoms with van der Waals surface area (Å²) in [6.07, 6.45) is 0.210. The van der Waals surface area contributed by atoms with E-state index < -0.39 is 18.5 Å². The van der Waals surface area contributed by atoms with Crippen LogP contribution < -0.4 is 19.9 Å². The van der Waals surface area contributed by atoms with Crippen LogP contribution in [0.15, 0.2) is 41.6 Å². The fourth-order valence-corrected chi connectivity index (χ4v) is 3.41. The van der Waals surface area contributed by atoms with E-state index >= 15 is 0 Å². The van der Waals surface area contributed by atoms with Crippen LogP contribution in [0.2, 0.25) is 0 Å². The maximum atomic E-state index is 11.4. The number of ether oxygens (including phenoxy) is 3. The van der Waals surface area contributed by atoms with E-state index in [1.807, 2.05) is 58.0 Å². The molecule has 0 unspecified atom stereocenters. The smallest absolute Gasteiger partial charge is 0.303 e. The molecule has 0 radical (unpaired) electrons. The first kappa shape index (κ1) is 31.5. The molecule has 2 aromatic carbocycles. The number of benzene rings is 2. The number of hydrogen-bond donors (Lipinski definition) is 2. The molecule has 0 atom stereocenters. The van der Waals surface area contributed by atoms with E-state index in [0.717, 1.165) is 5.56 Å². The molecule has 0 bridgehead atoms. The predicted octanol–water partition coefficient (Wildman–Crippen LogP) is 5.06. The molecule has 0 saturated heterocycles. The van der Waals surface area contributed by atoms with Gasteiger partial charge in [0, 0.05) is 23.6 Å². The van der Waals surface area contributed by atoms with Crippen molar-refractivity contribution in [3.05, 3.63) is 53.1 Å². The van der Waals surface area contributed by atoms with Gasteiger partial charge in [0.25, 0.3) is 5.91 Å². The molecule has 0 saturated carbocycles. The second-order valence-electron chi connectivity index (χ2n) is 10.7. The molecular formula is C30H42N2O7. The molecule has 214 valence electrons. The predicted molar refractivity (Wildman–Crippen MR) is 151 cm³/mol. The summed E-state index contributed by atoms with van der Waals surface area (Å²) in [6, 6.07) is 10.9. The second kappa shape index (κ2) is 15.6. The third-order valence-electron chi connectivity index (χ3n) is 5.24. The van der Waals surface area contributed by atoms with Gasteiger partial charge in [-0.15, -0.1) is 0 Å². The summed E-state index contributed by atoms with van der Waals surface area (Å²) in [4.78, 5) is 28.0. The van der Waals surface area contributed by atoms with Gasteiger partial charge in [0.05, 0.1) is 19.8 Å². The molecular weight excluding hydrogens is 500 g/mol. The maximum absolute atomic E-state index is 11.4. The minimum absolute atomic E-state index is 0.0587. The summed E-state index contributed by atoms with van der Waals surface area (Å²) in [6.45, 7) is 13.4. The molecule has 39 heavy (non-hydrogen) atoms. The van der Waals surface area contributed by atoms with Gasteiger partial charge in [0.2, 0.25) is 0 Å². The molecule has 0 fully saturated rings. The molecule has 0 aromatic heterocycles. The molecule has 3 N–H and O–H groups in total. The molecule has 0 aliphatic rings. The van der Waals surface area contributed by atoms with Gasteiger partial charge in [-0.3, -0.25) is 9.59 Å². The highest BCUT2D eigenvalue weighted by Gasteiger charge is 2.19. The van der Waals surface area contributed by atoms with E-state index in [2.05, 4.69) is 19.0 Å². The molecule has 0 aliphatic heterocycles. The van der Waals surface area contributed by atoms with Gasteiger partial charge in [-0.25, -0.2) is 0 Å². The van der Waals surface area contributed by atoms with Crippen LogP contribution in [0.1, 0.15) is 64.7 Å². The third kappa shape index (κ3) is 11.3. The molecule has 0 aliphatic carbocycles. The number of amides is 1. The standard InChI is InChI=1S/C30H42N2O7/c1-19(2)15-36-24-9-10-25(27(14-24)38-17-21(5)6)30(32-39-18-28(31)33)23-7-11-26(37-16-20(3)4)22(13-23)8-12-29(34)35/h7,9-11,13-14,19-21H,8,12,15-18H2,1-6H3,(H2,31,33)(H,34,35). The van der Waals surface area contributed by atoms with Gasteiger partial charge < -0.3 is 29.9 Å². The van der Waals surface area contributed by atoms with Crippen LogP contribution in [0, 0.1) is 17.8 Å².